The molecule has 2 amide bonds. The van der Waals surface area contributed by atoms with Gasteiger partial charge in [0.15, 0.2) is 0 Å². The molecule has 0 atom stereocenters. The van der Waals surface area contributed by atoms with Gasteiger partial charge in [0.2, 0.25) is 5.95 Å². The lowest BCUT2D eigenvalue weighted by Gasteiger charge is -2.19. The third kappa shape index (κ3) is 4.97. The Morgan fingerprint density at radius 2 is 1.91 bits per heavy atom. The zero-order chi connectivity index (χ0) is 25.3. The topological polar surface area (TPSA) is 164 Å². The number of rotatable bonds is 7. The van der Waals surface area contributed by atoms with Gasteiger partial charge in [-0.05, 0) is 67.8 Å². The van der Waals surface area contributed by atoms with Gasteiger partial charge in [0, 0.05) is 41.8 Å². The van der Waals surface area contributed by atoms with Gasteiger partial charge in [-0.15, -0.1) is 0 Å². The van der Waals surface area contributed by atoms with Crippen molar-refractivity contribution < 1.29 is 14.7 Å². The molecule has 0 aliphatic carbocycles. The summed E-state index contributed by atoms with van der Waals surface area (Å²) in [5, 5.41) is 9.18. The number of carbonyl (C=O) groups is 2. The maximum atomic E-state index is 11.9. The number of pyridine rings is 2. The molecule has 0 radical (unpaired) electrons. The van der Waals surface area contributed by atoms with Gasteiger partial charge in [-0.2, -0.15) is 0 Å². The van der Waals surface area contributed by atoms with E-state index in [2.05, 4.69) is 19.9 Å². The average Bonchev–Trinajstić information content (AvgIpc) is 3.21. The number of aromatic amines is 1. The fourth-order valence-electron chi connectivity index (χ4n) is 3.90. The Kier molecular flexibility index (Phi) is 6.23. The molecule has 6 N–H and O–H groups in total. The Balaban J connectivity index is 1.95. The van der Waals surface area contributed by atoms with Crippen LogP contribution < -0.4 is 16.4 Å². The number of urea groups is 1. The number of hydrogen-bond acceptors (Lipinski definition) is 6. The third-order valence-electron chi connectivity index (χ3n) is 5.68. The summed E-state index contributed by atoms with van der Waals surface area (Å²) in [6.45, 7) is 5.97. The largest absolute Gasteiger partial charge is 0.481 e. The van der Waals surface area contributed by atoms with Crippen molar-refractivity contribution in [3.63, 3.8) is 0 Å². The molecule has 3 aromatic heterocycles. The van der Waals surface area contributed by atoms with Gasteiger partial charge < -0.3 is 21.6 Å². The first-order chi connectivity index (χ1) is 16.6. The van der Waals surface area contributed by atoms with E-state index in [9.17, 15) is 14.7 Å². The van der Waals surface area contributed by atoms with Crippen molar-refractivity contribution in [1.29, 1.82) is 0 Å². The molecule has 10 nitrogen and oxygen atoms in total. The molecule has 0 aliphatic rings. The van der Waals surface area contributed by atoms with E-state index in [4.69, 9.17) is 11.5 Å². The molecule has 35 heavy (non-hydrogen) atoms. The lowest BCUT2D eigenvalue weighted by atomic mass is 9.94. The van der Waals surface area contributed by atoms with Gasteiger partial charge in [0.05, 0.1) is 23.1 Å². The molecule has 4 rings (SSSR count). The first kappa shape index (κ1) is 23.8. The van der Waals surface area contributed by atoms with Crippen LogP contribution in [0.3, 0.4) is 0 Å². The van der Waals surface area contributed by atoms with Crippen LogP contribution in [0.5, 0.6) is 0 Å². The van der Waals surface area contributed by atoms with Crippen LogP contribution in [0.25, 0.3) is 33.4 Å². The zero-order valence-corrected chi connectivity index (χ0v) is 19.7. The van der Waals surface area contributed by atoms with E-state index in [0.29, 0.717) is 34.8 Å². The number of carboxylic acid groups (broad SMARTS) is 1. The van der Waals surface area contributed by atoms with Gasteiger partial charge in [-0.1, -0.05) is 0 Å². The molecule has 4 aromatic rings. The molecule has 3 heterocycles. The van der Waals surface area contributed by atoms with Crippen LogP contribution in [0, 0.1) is 0 Å². The van der Waals surface area contributed by atoms with E-state index < -0.39 is 17.5 Å². The number of amides is 2. The van der Waals surface area contributed by atoms with Gasteiger partial charge in [0.1, 0.15) is 0 Å². The SMILES string of the molecule is CCN(C(N)=O)c1nc2c(-c3cc(C(C)(C)N)ccn3)cc(-c3cncc(CC(=O)O)c3)cc2[nH]1. The summed E-state index contributed by atoms with van der Waals surface area (Å²) < 4.78 is 0. The Bertz CT molecular complexity index is 1420. The normalized spacial score (nSPS) is 11.5. The van der Waals surface area contributed by atoms with Crippen LogP contribution in [-0.2, 0) is 16.8 Å². The summed E-state index contributed by atoms with van der Waals surface area (Å²) >= 11 is 0. The standard InChI is InChI=1S/C25H27N7O3/c1-4-32(23(26)35)24-30-20-10-15(16-7-14(8-21(33)34)12-28-13-16)9-18(22(20)31-24)19-11-17(5-6-29-19)25(2,3)27/h5-7,9-13H,4,8,27H2,1-3H3,(H2,26,35)(H,30,31)(H,33,34). The van der Waals surface area contributed by atoms with Gasteiger partial charge >= 0.3 is 12.0 Å². The Labute approximate surface area is 202 Å². The number of carbonyl (C=O) groups excluding carboxylic acids is 1. The van der Waals surface area contributed by atoms with Crippen molar-refractivity contribution in [1.82, 2.24) is 19.9 Å². The fraction of sp³-hybridized carbons (Fsp3) is 0.240. The first-order valence-corrected chi connectivity index (χ1v) is 11.1. The van der Waals surface area contributed by atoms with E-state index in [0.717, 1.165) is 22.3 Å². The Morgan fingerprint density at radius 3 is 2.57 bits per heavy atom. The molecule has 0 fully saturated rings. The second-order valence-corrected chi connectivity index (χ2v) is 8.87. The van der Waals surface area contributed by atoms with Crippen LogP contribution in [0.15, 0.2) is 48.9 Å². The molecule has 1 aromatic carbocycles. The van der Waals surface area contributed by atoms with Gasteiger partial charge in [-0.25, -0.2) is 9.78 Å². The van der Waals surface area contributed by atoms with Gasteiger partial charge in [-0.3, -0.25) is 19.7 Å². The number of nitrogens with one attached hydrogen (secondary N) is 1. The molecule has 180 valence electrons. The van der Waals surface area contributed by atoms with Crippen LogP contribution in [0.4, 0.5) is 10.7 Å². The minimum absolute atomic E-state index is 0.136. The average molecular weight is 474 g/mol. The summed E-state index contributed by atoms with van der Waals surface area (Å²) in [4.78, 5) is 41.1. The number of nitrogens with zero attached hydrogens (tertiary/aromatic N) is 4. The summed E-state index contributed by atoms with van der Waals surface area (Å²) in [6.07, 6.45) is 4.76. The lowest BCUT2D eigenvalue weighted by molar-refractivity contribution is -0.136. The highest BCUT2D eigenvalue weighted by Crippen LogP contribution is 2.34. The number of imidazole rings is 1. The summed E-state index contributed by atoms with van der Waals surface area (Å²) in [5.74, 6) is -0.615. The minimum Gasteiger partial charge on any atom is -0.481 e. The zero-order valence-electron chi connectivity index (χ0n) is 19.7. The van der Waals surface area contributed by atoms with Crippen LogP contribution in [0.2, 0.25) is 0 Å². The molecule has 0 unspecified atom stereocenters. The number of carboxylic acids is 1. The van der Waals surface area contributed by atoms with Crippen molar-refractivity contribution >= 4 is 29.0 Å². The van der Waals surface area contributed by atoms with Crippen molar-refractivity contribution in [3.05, 3.63) is 60.0 Å². The van der Waals surface area contributed by atoms with Crippen LogP contribution in [-0.4, -0.2) is 43.6 Å². The number of benzene rings is 1. The highest BCUT2D eigenvalue weighted by Gasteiger charge is 2.20. The predicted molar refractivity (Wildman–Crippen MR) is 134 cm³/mol. The highest BCUT2D eigenvalue weighted by atomic mass is 16.4. The molecular weight excluding hydrogens is 446 g/mol. The summed E-state index contributed by atoms with van der Waals surface area (Å²) in [5.41, 5.74) is 16.9. The summed E-state index contributed by atoms with van der Waals surface area (Å²) in [7, 11) is 0. The molecule has 10 heteroatoms. The van der Waals surface area contributed by atoms with Gasteiger partial charge in [0.25, 0.3) is 0 Å². The molecule has 0 saturated heterocycles. The minimum atomic E-state index is -0.935. The monoisotopic (exact) mass is 473 g/mol. The highest BCUT2D eigenvalue weighted by molar-refractivity contribution is 5.98. The third-order valence-corrected chi connectivity index (χ3v) is 5.68. The smallest absolute Gasteiger partial charge is 0.321 e. The molecule has 0 spiro atoms. The number of H-pyrrole nitrogens is 1. The number of nitrogens with two attached hydrogens (primary N) is 2. The Morgan fingerprint density at radius 1 is 1.14 bits per heavy atom. The second-order valence-electron chi connectivity index (χ2n) is 8.87. The number of aliphatic carboxylic acids is 1. The quantitative estimate of drug-likeness (QED) is 0.319. The Hall–Kier alpha value is -4.31. The molecule has 0 bridgehead atoms. The number of primary amides is 1. The van der Waals surface area contributed by atoms with Crippen molar-refractivity contribution in [2.45, 2.75) is 32.7 Å². The maximum absolute atomic E-state index is 11.9. The summed E-state index contributed by atoms with van der Waals surface area (Å²) in [6, 6.07) is 8.75. The lowest BCUT2D eigenvalue weighted by Crippen LogP contribution is -2.36. The first-order valence-electron chi connectivity index (χ1n) is 11.1. The van der Waals surface area contributed by atoms with Crippen molar-refractivity contribution in [3.8, 4) is 22.4 Å². The van der Waals surface area contributed by atoms with E-state index in [1.165, 1.54) is 11.1 Å². The maximum Gasteiger partial charge on any atom is 0.321 e. The molecule has 0 saturated carbocycles. The predicted octanol–water partition coefficient (Wildman–Crippen LogP) is 3.41. The second kappa shape index (κ2) is 9.15. The fourth-order valence-corrected chi connectivity index (χ4v) is 3.90. The van der Waals surface area contributed by atoms with Crippen molar-refractivity contribution in [2.75, 3.05) is 11.4 Å². The molecular formula is C25H27N7O3. The van der Waals surface area contributed by atoms with E-state index in [1.54, 1.807) is 25.4 Å². The van der Waals surface area contributed by atoms with Crippen molar-refractivity contribution in [2.24, 2.45) is 11.5 Å². The van der Waals surface area contributed by atoms with Crippen LogP contribution in [0.1, 0.15) is 31.9 Å². The number of hydrogen-bond donors (Lipinski definition) is 4. The van der Waals surface area contributed by atoms with E-state index in [1.807, 2.05) is 38.1 Å². The number of aromatic nitrogens is 4. The number of anilines is 1. The number of fused-ring (bicyclic) bond motifs is 1. The van der Waals surface area contributed by atoms with Crippen LogP contribution >= 0.6 is 0 Å². The van der Waals surface area contributed by atoms with E-state index in [-0.39, 0.29) is 6.42 Å². The molecule has 0 aliphatic heterocycles. The van der Waals surface area contributed by atoms with E-state index >= 15 is 0 Å².